The molecule has 0 aromatic carbocycles. The monoisotopic (exact) mass is 262 g/mol. The van der Waals surface area contributed by atoms with Crippen molar-refractivity contribution in [3.8, 4) is 0 Å². The summed E-state index contributed by atoms with van der Waals surface area (Å²) in [4.78, 5) is 2.62. The molecule has 2 aliphatic heterocycles. The Labute approximate surface area is 111 Å². The van der Waals surface area contributed by atoms with Gasteiger partial charge < -0.3 is 10.5 Å². The first-order chi connectivity index (χ1) is 7.81. The van der Waals surface area contributed by atoms with Crippen LogP contribution in [0, 0.1) is 11.8 Å². The quantitative estimate of drug-likeness (QED) is 0.841. The number of hydrogen-bond acceptors (Lipinski definition) is 3. The zero-order chi connectivity index (χ0) is 11.4. The summed E-state index contributed by atoms with van der Waals surface area (Å²) in [5.74, 6) is 1.58. The van der Waals surface area contributed by atoms with Crippen molar-refractivity contribution in [2.75, 3.05) is 32.8 Å². The molecule has 0 aromatic heterocycles. The first-order valence-electron chi connectivity index (χ1n) is 6.83. The largest absolute Gasteiger partial charge is 0.381 e. The van der Waals surface area contributed by atoms with Crippen molar-refractivity contribution in [2.45, 2.75) is 38.6 Å². The third-order valence-corrected chi connectivity index (χ3v) is 4.32. The van der Waals surface area contributed by atoms with Crippen LogP contribution >= 0.6 is 12.4 Å². The van der Waals surface area contributed by atoms with E-state index in [4.69, 9.17) is 10.5 Å². The topological polar surface area (TPSA) is 38.5 Å². The van der Waals surface area contributed by atoms with Gasteiger partial charge in [-0.3, -0.25) is 4.90 Å². The van der Waals surface area contributed by atoms with Crippen LogP contribution in [0.5, 0.6) is 0 Å². The second-order valence-electron chi connectivity index (χ2n) is 5.48. The molecule has 0 spiro atoms. The van der Waals surface area contributed by atoms with Crippen LogP contribution in [0.1, 0.15) is 32.6 Å². The maximum absolute atomic E-state index is 5.90. The summed E-state index contributed by atoms with van der Waals surface area (Å²) >= 11 is 0. The van der Waals surface area contributed by atoms with Gasteiger partial charge in [0, 0.05) is 25.8 Å². The maximum Gasteiger partial charge on any atom is 0.0495 e. The van der Waals surface area contributed by atoms with Gasteiger partial charge in [-0.05, 0) is 50.6 Å². The molecule has 0 amide bonds. The van der Waals surface area contributed by atoms with Gasteiger partial charge in [0.25, 0.3) is 0 Å². The molecule has 0 radical (unpaired) electrons. The molecule has 3 nitrogen and oxygen atoms in total. The Morgan fingerprint density at radius 3 is 2.82 bits per heavy atom. The van der Waals surface area contributed by atoms with Gasteiger partial charge in [-0.1, -0.05) is 6.92 Å². The molecule has 2 heterocycles. The Morgan fingerprint density at radius 2 is 2.18 bits per heavy atom. The van der Waals surface area contributed by atoms with Crippen LogP contribution < -0.4 is 5.73 Å². The van der Waals surface area contributed by atoms with Gasteiger partial charge in [-0.15, -0.1) is 12.4 Å². The van der Waals surface area contributed by atoms with Gasteiger partial charge in [0.05, 0.1) is 0 Å². The normalized spacial score (nSPS) is 34.6. The highest BCUT2D eigenvalue weighted by Crippen LogP contribution is 2.24. The molecule has 0 bridgehead atoms. The zero-order valence-electron chi connectivity index (χ0n) is 10.9. The van der Waals surface area contributed by atoms with Crippen molar-refractivity contribution >= 4 is 12.4 Å². The lowest BCUT2D eigenvalue weighted by atomic mass is 9.90. The molecule has 102 valence electrons. The average Bonchev–Trinajstić information content (AvgIpc) is 2.79. The van der Waals surface area contributed by atoms with Crippen LogP contribution in [0.25, 0.3) is 0 Å². The van der Waals surface area contributed by atoms with Crippen molar-refractivity contribution in [2.24, 2.45) is 17.6 Å². The molecule has 0 aliphatic carbocycles. The number of ether oxygens (including phenoxy) is 1. The average molecular weight is 263 g/mol. The Hall–Kier alpha value is 0.170. The van der Waals surface area contributed by atoms with E-state index in [0.717, 1.165) is 31.6 Å². The molecule has 3 unspecified atom stereocenters. The van der Waals surface area contributed by atoms with Crippen molar-refractivity contribution in [3.63, 3.8) is 0 Å². The van der Waals surface area contributed by atoms with Crippen molar-refractivity contribution < 1.29 is 4.74 Å². The van der Waals surface area contributed by atoms with Gasteiger partial charge in [-0.25, -0.2) is 0 Å². The summed E-state index contributed by atoms with van der Waals surface area (Å²) in [6.45, 7) is 7.60. The summed E-state index contributed by atoms with van der Waals surface area (Å²) in [7, 11) is 0. The molecule has 2 fully saturated rings. The van der Waals surface area contributed by atoms with E-state index in [1.807, 2.05) is 0 Å². The molecule has 4 heteroatoms. The fraction of sp³-hybridized carbons (Fsp3) is 1.00. The van der Waals surface area contributed by atoms with Gasteiger partial charge >= 0.3 is 0 Å². The van der Waals surface area contributed by atoms with Gasteiger partial charge in [0.1, 0.15) is 0 Å². The van der Waals surface area contributed by atoms with E-state index in [0.29, 0.717) is 6.04 Å². The lowest BCUT2D eigenvalue weighted by Gasteiger charge is -2.39. The van der Waals surface area contributed by atoms with E-state index in [-0.39, 0.29) is 12.4 Å². The van der Waals surface area contributed by atoms with Crippen LogP contribution in [0.15, 0.2) is 0 Å². The second kappa shape index (κ2) is 7.57. The van der Waals surface area contributed by atoms with Gasteiger partial charge in [0.2, 0.25) is 0 Å². The lowest BCUT2D eigenvalue weighted by molar-refractivity contribution is 0.0973. The van der Waals surface area contributed by atoms with Gasteiger partial charge in [-0.2, -0.15) is 0 Å². The number of rotatable bonds is 4. The standard InChI is InChI=1S/C13H26N2O.ClH/c1-11-3-2-6-15(13(11)9-14)7-4-12-5-8-16-10-12;/h11-13H,2-10,14H2,1H3;1H. The lowest BCUT2D eigenvalue weighted by Crippen LogP contribution is -2.49. The van der Waals surface area contributed by atoms with E-state index < -0.39 is 0 Å². The molecule has 0 aromatic rings. The molecule has 2 saturated heterocycles. The minimum atomic E-state index is 0. The fourth-order valence-corrected chi connectivity index (χ4v) is 3.15. The van der Waals surface area contributed by atoms with Crippen LogP contribution in [-0.2, 0) is 4.74 Å². The molecule has 3 atom stereocenters. The first kappa shape index (κ1) is 15.2. The molecule has 17 heavy (non-hydrogen) atoms. The fourth-order valence-electron chi connectivity index (χ4n) is 3.15. The predicted octanol–water partition coefficient (Wildman–Crippen LogP) is 1.89. The summed E-state index contributed by atoms with van der Waals surface area (Å²) < 4.78 is 5.43. The summed E-state index contributed by atoms with van der Waals surface area (Å²) in [6.07, 6.45) is 5.25. The molecule has 2 aliphatic rings. The van der Waals surface area contributed by atoms with Crippen LogP contribution in [0.4, 0.5) is 0 Å². The molecular formula is C13H27ClN2O. The van der Waals surface area contributed by atoms with Crippen LogP contribution in [-0.4, -0.2) is 43.8 Å². The summed E-state index contributed by atoms with van der Waals surface area (Å²) in [5.41, 5.74) is 5.90. The highest BCUT2D eigenvalue weighted by molar-refractivity contribution is 5.85. The van der Waals surface area contributed by atoms with Crippen molar-refractivity contribution in [3.05, 3.63) is 0 Å². The summed E-state index contributed by atoms with van der Waals surface area (Å²) in [5, 5.41) is 0. The number of nitrogens with zero attached hydrogens (tertiary/aromatic N) is 1. The van der Waals surface area contributed by atoms with Crippen molar-refractivity contribution in [1.29, 1.82) is 0 Å². The second-order valence-corrected chi connectivity index (χ2v) is 5.48. The Kier molecular flexibility index (Phi) is 6.78. The van der Waals surface area contributed by atoms with E-state index >= 15 is 0 Å². The molecule has 0 saturated carbocycles. The highest BCUT2D eigenvalue weighted by Gasteiger charge is 2.27. The van der Waals surface area contributed by atoms with Crippen LogP contribution in [0.2, 0.25) is 0 Å². The molecular weight excluding hydrogens is 236 g/mol. The number of nitrogens with two attached hydrogens (primary N) is 1. The Balaban J connectivity index is 0.00000144. The SMILES string of the molecule is CC1CCCN(CCC2CCOC2)C1CN.Cl. The van der Waals surface area contributed by atoms with Crippen molar-refractivity contribution in [1.82, 2.24) is 4.90 Å². The van der Waals surface area contributed by atoms with E-state index in [1.54, 1.807) is 0 Å². The number of likely N-dealkylation sites (tertiary alicyclic amines) is 1. The molecule has 2 rings (SSSR count). The molecule has 2 N–H and O–H groups in total. The van der Waals surface area contributed by atoms with E-state index in [2.05, 4.69) is 11.8 Å². The third kappa shape index (κ3) is 4.09. The minimum absolute atomic E-state index is 0. The number of piperidine rings is 1. The highest BCUT2D eigenvalue weighted by atomic mass is 35.5. The van der Waals surface area contributed by atoms with E-state index in [1.165, 1.54) is 38.8 Å². The smallest absolute Gasteiger partial charge is 0.0495 e. The Morgan fingerprint density at radius 1 is 1.35 bits per heavy atom. The van der Waals surface area contributed by atoms with Gasteiger partial charge in [0.15, 0.2) is 0 Å². The first-order valence-corrected chi connectivity index (χ1v) is 6.83. The number of hydrogen-bond donors (Lipinski definition) is 1. The van der Waals surface area contributed by atoms with E-state index in [9.17, 15) is 0 Å². The predicted molar refractivity (Wildman–Crippen MR) is 73.6 cm³/mol. The third-order valence-electron chi connectivity index (χ3n) is 4.32. The van der Waals surface area contributed by atoms with Crippen LogP contribution in [0.3, 0.4) is 0 Å². The zero-order valence-corrected chi connectivity index (χ0v) is 11.8. The Bertz CT molecular complexity index is 210. The summed E-state index contributed by atoms with van der Waals surface area (Å²) in [6, 6.07) is 0.621. The minimum Gasteiger partial charge on any atom is -0.381 e. The maximum atomic E-state index is 5.90. The number of halogens is 1.